The summed E-state index contributed by atoms with van der Waals surface area (Å²) in [5, 5.41) is 10.4. The Bertz CT molecular complexity index is 1030. The van der Waals surface area contributed by atoms with Gasteiger partial charge < -0.3 is 14.3 Å². The summed E-state index contributed by atoms with van der Waals surface area (Å²) in [5.41, 5.74) is -0.321. The molecule has 0 bridgehead atoms. The molecule has 106 valence electrons. The highest BCUT2D eigenvalue weighted by atomic mass is 16.5. The van der Waals surface area contributed by atoms with E-state index in [1.165, 1.54) is 26.2 Å². The van der Waals surface area contributed by atoms with E-state index in [4.69, 9.17) is 9.15 Å². The number of phenols is 1. The van der Waals surface area contributed by atoms with E-state index in [2.05, 4.69) is 0 Å². The van der Waals surface area contributed by atoms with Crippen LogP contribution in [0.15, 0.2) is 44.3 Å². The van der Waals surface area contributed by atoms with E-state index in [-0.39, 0.29) is 27.7 Å². The van der Waals surface area contributed by atoms with Gasteiger partial charge in [0.1, 0.15) is 11.3 Å². The van der Waals surface area contributed by atoms with Crippen LogP contribution in [-0.4, -0.2) is 12.2 Å². The van der Waals surface area contributed by atoms with Crippen LogP contribution in [0.3, 0.4) is 0 Å². The van der Waals surface area contributed by atoms with Gasteiger partial charge in [0.25, 0.3) is 0 Å². The molecule has 0 fully saturated rings. The van der Waals surface area contributed by atoms with Crippen LogP contribution in [0.2, 0.25) is 0 Å². The highest BCUT2D eigenvalue weighted by Crippen LogP contribution is 2.23. The van der Waals surface area contributed by atoms with Crippen molar-refractivity contribution in [3.8, 4) is 11.5 Å². The van der Waals surface area contributed by atoms with Crippen LogP contribution in [0, 0.1) is 17.6 Å². The molecule has 1 aromatic carbocycles. The first-order valence-electron chi connectivity index (χ1n) is 6.31. The molecule has 1 aliphatic heterocycles. The van der Waals surface area contributed by atoms with Gasteiger partial charge in [0.15, 0.2) is 11.2 Å². The Hall–Kier alpha value is -2.82. The maximum atomic E-state index is 12.4. The molecule has 0 radical (unpaired) electrons. The summed E-state index contributed by atoms with van der Waals surface area (Å²) in [6, 6.07) is 7.74. The lowest BCUT2D eigenvalue weighted by Crippen LogP contribution is -2.18. The zero-order chi connectivity index (χ0) is 15.1. The Morgan fingerprint density at radius 2 is 1.86 bits per heavy atom. The first-order chi connectivity index (χ1) is 10.0. The Kier molecular flexibility index (Phi) is 2.90. The fraction of sp³-hybridized carbons (Fsp3) is 0.125. The average molecular weight is 284 g/mol. The number of ether oxygens (including phenoxy) is 1. The zero-order valence-corrected chi connectivity index (χ0v) is 11.5. The quantitative estimate of drug-likeness (QED) is 0.738. The van der Waals surface area contributed by atoms with Crippen LogP contribution in [0.5, 0.6) is 11.5 Å². The van der Waals surface area contributed by atoms with E-state index in [9.17, 15) is 14.7 Å². The van der Waals surface area contributed by atoms with Crippen LogP contribution in [-0.2, 0) is 0 Å². The van der Waals surface area contributed by atoms with Crippen molar-refractivity contribution in [2.24, 2.45) is 0 Å². The summed E-state index contributed by atoms with van der Waals surface area (Å²) < 4.78 is 10.6. The van der Waals surface area contributed by atoms with E-state index < -0.39 is 10.9 Å². The first-order valence-corrected chi connectivity index (χ1v) is 6.31. The minimum Gasteiger partial charge on any atom is -0.507 e. The number of hydrogen-bond donors (Lipinski definition) is 1. The molecule has 1 aliphatic carbocycles. The molecule has 5 heteroatoms. The third-order valence-corrected chi connectivity index (χ3v) is 3.46. The second-order valence-electron chi connectivity index (χ2n) is 4.68. The van der Waals surface area contributed by atoms with Crippen LogP contribution in [0.4, 0.5) is 0 Å². The fourth-order valence-corrected chi connectivity index (χ4v) is 2.36. The van der Waals surface area contributed by atoms with Crippen molar-refractivity contribution in [3.63, 3.8) is 0 Å². The molecule has 1 aromatic rings. The molecule has 5 nitrogen and oxygen atoms in total. The molecule has 0 aromatic heterocycles. The lowest BCUT2D eigenvalue weighted by molar-refractivity contribution is 0.405. The molecular formula is C16H12O5. The SMILES string of the molecule is COc1c(C)c(=O)c2oc3cccc(O)c3ccc=2c1=O. The van der Waals surface area contributed by atoms with Gasteiger partial charge in [-0.25, -0.2) is 0 Å². The summed E-state index contributed by atoms with van der Waals surface area (Å²) in [4.78, 5) is 24.7. The van der Waals surface area contributed by atoms with Gasteiger partial charge in [-0.15, -0.1) is 0 Å². The van der Waals surface area contributed by atoms with Crippen molar-refractivity contribution in [2.45, 2.75) is 6.92 Å². The Balaban J connectivity index is 2.70. The van der Waals surface area contributed by atoms with Gasteiger partial charge in [0, 0.05) is 5.56 Å². The number of aromatic hydroxyl groups is 1. The van der Waals surface area contributed by atoms with Gasteiger partial charge in [-0.1, -0.05) is 6.07 Å². The van der Waals surface area contributed by atoms with E-state index >= 15 is 0 Å². The van der Waals surface area contributed by atoms with Crippen molar-refractivity contribution < 1.29 is 14.3 Å². The number of hydrogen-bond acceptors (Lipinski definition) is 5. The second kappa shape index (κ2) is 4.63. The van der Waals surface area contributed by atoms with Gasteiger partial charge in [0.2, 0.25) is 10.9 Å². The molecule has 0 atom stereocenters. The fourth-order valence-electron chi connectivity index (χ4n) is 2.36. The molecular weight excluding hydrogens is 272 g/mol. The number of methoxy groups -OCH3 is 1. The molecule has 0 spiro atoms. The normalized spacial score (nSPS) is 11.0. The van der Waals surface area contributed by atoms with Crippen molar-refractivity contribution in [1.82, 2.24) is 0 Å². The molecule has 0 unspecified atom stereocenters. The van der Waals surface area contributed by atoms with Gasteiger partial charge in [-0.05, 0) is 31.2 Å². The van der Waals surface area contributed by atoms with Crippen molar-refractivity contribution in [2.75, 3.05) is 7.11 Å². The van der Waals surface area contributed by atoms with E-state index in [1.807, 2.05) is 0 Å². The average Bonchev–Trinajstić information content (AvgIpc) is 2.66. The summed E-state index contributed by atoms with van der Waals surface area (Å²) >= 11 is 0. The summed E-state index contributed by atoms with van der Waals surface area (Å²) in [6.07, 6.45) is 0. The lowest BCUT2D eigenvalue weighted by Gasteiger charge is -2.00. The minimum atomic E-state index is -0.409. The lowest BCUT2D eigenvalue weighted by atomic mass is 10.1. The predicted molar refractivity (Wildman–Crippen MR) is 77.0 cm³/mol. The van der Waals surface area contributed by atoms with E-state index in [1.54, 1.807) is 18.2 Å². The molecule has 0 saturated carbocycles. The molecule has 2 aliphatic rings. The third-order valence-electron chi connectivity index (χ3n) is 3.46. The molecule has 0 saturated heterocycles. The number of benzene rings is 1. The van der Waals surface area contributed by atoms with Gasteiger partial charge in [-0.3, -0.25) is 9.59 Å². The largest absolute Gasteiger partial charge is 0.507 e. The molecule has 0 amide bonds. The Morgan fingerprint density at radius 1 is 1.10 bits per heavy atom. The number of fused-ring (bicyclic) bond motifs is 1. The summed E-state index contributed by atoms with van der Waals surface area (Å²) in [5.74, 6) is 0.0299. The van der Waals surface area contributed by atoms with Crippen molar-refractivity contribution in [3.05, 3.63) is 67.0 Å². The molecule has 21 heavy (non-hydrogen) atoms. The third kappa shape index (κ3) is 1.86. The first kappa shape index (κ1) is 13.2. The zero-order valence-electron chi connectivity index (χ0n) is 11.5. The maximum Gasteiger partial charge on any atom is 0.231 e. The molecule has 1 heterocycles. The van der Waals surface area contributed by atoms with Crippen molar-refractivity contribution >= 4 is 11.0 Å². The van der Waals surface area contributed by atoms with Crippen LogP contribution < -0.4 is 15.6 Å². The Labute approximate surface area is 118 Å². The molecule has 1 N–H and O–H groups in total. The topological polar surface area (TPSA) is 76.7 Å². The van der Waals surface area contributed by atoms with Gasteiger partial charge >= 0.3 is 0 Å². The standard InChI is InChI=1S/C16H12O5/c1-8-13(18)16-10(14(19)15(8)20-2)7-6-9-11(17)4-3-5-12(9)21-16/h3-7,17H,1-2H3. The van der Waals surface area contributed by atoms with Gasteiger partial charge in [-0.2, -0.15) is 0 Å². The van der Waals surface area contributed by atoms with Crippen LogP contribution >= 0.6 is 0 Å². The van der Waals surface area contributed by atoms with Crippen molar-refractivity contribution in [1.29, 1.82) is 0 Å². The predicted octanol–water partition coefficient (Wildman–Crippen LogP) is 1.90. The van der Waals surface area contributed by atoms with E-state index in [0.29, 0.717) is 11.0 Å². The van der Waals surface area contributed by atoms with Crippen LogP contribution in [0.25, 0.3) is 11.0 Å². The monoisotopic (exact) mass is 284 g/mol. The highest BCUT2D eigenvalue weighted by Gasteiger charge is 2.13. The summed E-state index contributed by atoms with van der Waals surface area (Å²) in [6.45, 7) is 1.52. The smallest absolute Gasteiger partial charge is 0.231 e. The van der Waals surface area contributed by atoms with Crippen LogP contribution in [0.1, 0.15) is 5.56 Å². The highest BCUT2D eigenvalue weighted by molar-refractivity contribution is 5.82. The van der Waals surface area contributed by atoms with E-state index in [0.717, 1.165) is 0 Å². The summed E-state index contributed by atoms with van der Waals surface area (Å²) in [7, 11) is 1.34. The number of phenolic OH excluding ortho intramolecular Hbond substituents is 1. The molecule has 3 rings (SSSR count). The minimum absolute atomic E-state index is 0.0140. The van der Waals surface area contributed by atoms with Gasteiger partial charge in [0.05, 0.1) is 17.7 Å². The number of rotatable bonds is 1. The Morgan fingerprint density at radius 3 is 2.57 bits per heavy atom. The maximum absolute atomic E-state index is 12.4. The second-order valence-corrected chi connectivity index (χ2v) is 4.68.